The van der Waals surface area contributed by atoms with Gasteiger partial charge in [-0.2, -0.15) is 5.26 Å². The number of hydrogen-bond donors (Lipinski definition) is 2. The lowest BCUT2D eigenvalue weighted by molar-refractivity contribution is -0.385. The lowest BCUT2D eigenvalue weighted by Gasteiger charge is -2.07. The van der Waals surface area contributed by atoms with Crippen molar-refractivity contribution in [2.45, 2.75) is 13.2 Å². The molecule has 2 aromatic rings. The molecule has 0 saturated carbocycles. The number of anilines is 1. The number of aliphatic hydroxyl groups is 1. The number of aliphatic hydroxyl groups excluding tert-OH is 1. The van der Waals surface area contributed by atoms with Crippen molar-refractivity contribution in [2.75, 3.05) is 5.32 Å². The largest absolute Gasteiger partial charge is 0.392 e. The minimum atomic E-state index is -0.573. The predicted octanol–water partition coefficient (Wildman–Crippen LogP) is 2.57. The fourth-order valence-corrected chi connectivity index (χ4v) is 1.86. The molecule has 0 unspecified atom stereocenters. The number of hydrogen-bond acceptors (Lipinski definition) is 5. The van der Waals surface area contributed by atoms with E-state index in [0.717, 1.165) is 11.1 Å². The highest BCUT2D eigenvalue weighted by molar-refractivity contribution is 5.58. The van der Waals surface area contributed by atoms with E-state index in [4.69, 9.17) is 10.4 Å². The zero-order valence-electron chi connectivity index (χ0n) is 11.1. The molecule has 0 aliphatic heterocycles. The minimum Gasteiger partial charge on any atom is -0.392 e. The van der Waals surface area contributed by atoms with Crippen LogP contribution in [0.5, 0.6) is 0 Å². The number of nitriles is 1. The molecule has 2 rings (SSSR count). The average Bonchev–Trinajstić information content (AvgIpc) is 2.52. The Bertz CT molecular complexity index is 690. The second kappa shape index (κ2) is 6.50. The maximum Gasteiger partial charge on any atom is 0.287 e. The zero-order valence-corrected chi connectivity index (χ0v) is 11.1. The lowest BCUT2D eigenvalue weighted by atomic mass is 10.1. The van der Waals surface area contributed by atoms with E-state index in [1.54, 1.807) is 6.07 Å². The SMILES string of the molecule is N#Cc1cc(NCc2ccc(CO)cc2)ccc1[N+](=O)[O-]. The van der Waals surface area contributed by atoms with Crippen LogP contribution in [0.4, 0.5) is 11.4 Å². The fourth-order valence-electron chi connectivity index (χ4n) is 1.86. The summed E-state index contributed by atoms with van der Waals surface area (Å²) < 4.78 is 0. The Hall–Kier alpha value is -2.91. The van der Waals surface area contributed by atoms with Crippen LogP contribution in [0.1, 0.15) is 16.7 Å². The first-order valence-corrected chi connectivity index (χ1v) is 6.25. The van der Waals surface area contributed by atoms with Crippen LogP contribution in [0.25, 0.3) is 0 Å². The fraction of sp³-hybridized carbons (Fsp3) is 0.133. The summed E-state index contributed by atoms with van der Waals surface area (Å²) in [5.74, 6) is 0. The number of nitrogens with one attached hydrogen (secondary N) is 1. The zero-order chi connectivity index (χ0) is 15.2. The maximum absolute atomic E-state index is 10.7. The first kappa shape index (κ1) is 14.5. The molecule has 6 heteroatoms. The summed E-state index contributed by atoms with van der Waals surface area (Å²) in [7, 11) is 0. The van der Waals surface area contributed by atoms with E-state index in [-0.39, 0.29) is 17.9 Å². The van der Waals surface area contributed by atoms with Gasteiger partial charge in [-0.15, -0.1) is 0 Å². The Morgan fingerprint density at radius 2 is 1.86 bits per heavy atom. The molecule has 0 bridgehead atoms. The molecular weight excluding hydrogens is 270 g/mol. The van der Waals surface area contributed by atoms with Crippen molar-refractivity contribution >= 4 is 11.4 Å². The van der Waals surface area contributed by atoms with E-state index in [9.17, 15) is 10.1 Å². The first-order chi connectivity index (χ1) is 10.1. The first-order valence-electron chi connectivity index (χ1n) is 6.25. The normalized spacial score (nSPS) is 9.90. The highest BCUT2D eigenvalue weighted by Crippen LogP contribution is 2.22. The molecule has 0 aliphatic rings. The molecule has 0 amide bonds. The number of rotatable bonds is 5. The van der Waals surface area contributed by atoms with Crippen LogP contribution < -0.4 is 5.32 Å². The van der Waals surface area contributed by atoms with Crippen molar-refractivity contribution in [3.8, 4) is 6.07 Å². The maximum atomic E-state index is 10.7. The highest BCUT2D eigenvalue weighted by Gasteiger charge is 2.13. The Morgan fingerprint density at radius 1 is 1.19 bits per heavy atom. The minimum absolute atomic E-state index is 0.00158. The van der Waals surface area contributed by atoms with Crippen LogP contribution in [-0.2, 0) is 13.2 Å². The standard InChI is InChI=1S/C15H13N3O3/c16-8-13-7-14(5-6-15(13)18(20)21)17-9-11-1-3-12(10-19)4-2-11/h1-7,17,19H,9-10H2. The van der Waals surface area contributed by atoms with E-state index in [1.807, 2.05) is 30.3 Å². The van der Waals surface area contributed by atoms with Gasteiger partial charge < -0.3 is 10.4 Å². The number of benzene rings is 2. The number of nitro benzene ring substituents is 1. The van der Waals surface area contributed by atoms with Gasteiger partial charge in [0.15, 0.2) is 0 Å². The Morgan fingerprint density at radius 3 is 2.43 bits per heavy atom. The van der Waals surface area contributed by atoms with Crippen LogP contribution in [-0.4, -0.2) is 10.0 Å². The molecular formula is C15H13N3O3. The summed E-state index contributed by atoms with van der Waals surface area (Å²) in [6.45, 7) is 0.524. The molecule has 6 nitrogen and oxygen atoms in total. The number of nitrogens with zero attached hydrogens (tertiary/aromatic N) is 2. The second-order valence-corrected chi connectivity index (χ2v) is 4.43. The van der Waals surface area contributed by atoms with Crippen LogP contribution in [0, 0.1) is 21.4 Å². The van der Waals surface area contributed by atoms with Crippen LogP contribution in [0.2, 0.25) is 0 Å². The van der Waals surface area contributed by atoms with Gasteiger partial charge in [-0.05, 0) is 23.3 Å². The van der Waals surface area contributed by atoms with Crippen molar-refractivity contribution in [1.82, 2.24) is 0 Å². The molecule has 0 aromatic heterocycles. The lowest BCUT2D eigenvalue weighted by Crippen LogP contribution is -2.01. The third-order valence-corrected chi connectivity index (χ3v) is 3.02. The molecule has 21 heavy (non-hydrogen) atoms. The van der Waals surface area contributed by atoms with Crippen molar-refractivity contribution in [3.63, 3.8) is 0 Å². The van der Waals surface area contributed by atoms with Gasteiger partial charge in [-0.1, -0.05) is 24.3 Å². The van der Waals surface area contributed by atoms with E-state index in [0.29, 0.717) is 12.2 Å². The van der Waals surface area contributed by atoms with E-state index in [1.165, 1.54) is 12.1 Å². The summed E-state index contributed by atoms with van der Waals surface area (Å²) >= 11 is 0. The third kappa shape index (κ3) is 3.55. The van der Waals surface area contributed by atoms with Gasteiger partial charge in [0.05, 0.1) is 11.5 Å². The summed E-state index contributed by atoms with van der Waals surface area (Å²) in [6.07, 6.45) is 0. The molecule has 2 aromatic carbocycles. The smallest absolute Gasteiger partial charge is 0.287 e. The van der Waals surface area contributed by atoms with Gasteiger partial charge in [0.2, 0.25) is 0 Å². The third-order valence-electron chi connectivity index (χ3n) is 3.02. The van der Waals surface area contributed by atoms with Gasteiger partial charge in [-0.3, -0.25) is 10.1 Å². The molecule has 0 aliphatic carbocycles. The van der Waals surface area contributed by atoms with Crippen molar-refractivity contribution in [1.29, 1.82) is 5.26 Å². The topological polar surface area (TPSA) is 99.2 Å². The molecule has 0 fully saturated rings. The predicted molar refractivity (Wildman–Crippen MR) is 77.5 cm³/mol. The van der Waals surface area contributed by atoms with Gasteiger partial charge in [0.25, 0.3) is 5.69 Å². The van der Waals surface area contributed by atoms with Gasteiger partial charge in [0.1, 0.15) is 11.6 Å². The average molecular weight is 283 g/mol. The molecule has 2 N–H and O–H groups in total. The summed E-state index contributed by atoms with van der Waals surface area (Å²) in [4.78, 5) is 10.2. The molecule has 106 valence electrons. The van der Waals surface area contributed by atoms with Crippen LogP contribution >= 0.6 is 0 Å². The van der Waals surface area contributed by atoms with Gasteiger partial charge in [0, 0.05) is 18.3 Å². The van der Waals surface area contributed by atoms with Gasteiger partial charge >= 0.3 is 0 Å². The van der Waals surface area contributed by atoms with Crippen molar-refractivity contribution < 1.29 is 10.0 Å². The van der Waals surface area contributed by atoms with Crippen LogP contribution in [0.3, 0.4) is 0 Å². The van der Waals surface area contributed by atoms with E-state index < -0.39 is 4.92 Å². The molecule has 0 atom stereocenters. The van der Waals surface area contributed by atoms with E-state index in [2.05, 4.69) is 5.32 Å². The summed E-state index contributed by atoms with van der Waals surface area (Å²) in [5.41, 5.74) is 2.31. The van der Waals surface area contributed by atoms with E-state index >= 15 is 0 Å². The molecule has 0 radical (unpaired) electrons. The Balaban J connectivity index is 2.09. The second-order valence-electron chi connectivity index (χ2n) is 4.43. The Kier molecular flexibility index (Phi) is 4.49. The van der Waals surface area contributed by atoms with Crippen molar-refractivity contribution in [2.24, 2.45) is 0 Å². The summed E-state index contributed by atoms with van der Waals surface area (Å²) in [6, 6.07) is 13.6. The van der Waals surface area contributed by atoms with Crippen molar-refractivity contribution in [3.05, 3.63) is 69.3 Å². The molecule has 0 saturated heterocycles. The summed E-state index contributed by atoms with van der Waals surface area (Å²) in [5, 5.41) is 31.7. The number of nitro groups is 1. The Labute approximate surface area is 121 Å². The highest BCUT2D eigenvalue weighted by atomic mass is 16.6. The van der Waals surface area contributed by atoms with Crippen LogP contribution in [0.15, 0.2) is 42.5 Å². The molecule has 0 heterocycles. The van der Waals surface area contributed by atoms with Gasteiger partial charge in [-0.25, -0.2) is 0 Å². The monoisotopic (exact) mass is 283 g/mol. The quantitative estimate of drug-likeness (QED) is 0.649. The molecule has 0 spiro atoms.